The summed E-state index contributed by atoms with van der Waals surface area (Å²) in [6, 6.07) is 14.1. The molecule has 0 saturated carbocycles. The van der Waals surface area contributed by atoms with Crippen LogP contribution in [-0.2, 0) is 4.79 Å². The molecule has 0 heterocycles. The molecule has 0 aliphatic carbocycles. The Hall–Kier alpha value is -1.60. The molecule has 0 aliphatic rings. The highest BCUT2D eigenvalue weighted by atomic mass is 35.5. The second-order valence-corrected chi connectivity index (χ2v) is 4.03. The van der Waals surface area contributed by atoms with Crippen LogP contribution in [0.25, 0.3) is 16.3 Å². The van der Waals surface area contributed by atoms with Crippen LogP contribution in [0.4, 0.5) is 0 Å². The molecule has 2 rings (SSSR count). The third-order valence-corrected chi connectivity index (χ3v) is 2.65. The number of rotatable bonds is 2. The average Bonchev–Trinajstić information content (AvgIpc) is 2.27. The molecule has 0 fully saturated rings. The molecule has 16 heavy (non-hydrogen) atoms. The van der Waals surface area contributed by atoms with Crippen LogP contribution in [0.1, 0.15) is 12.5 Å². The van der Waals surface area contributed by atoms with Crippen molar-refractivity contribution in [3.8, 4) is 0 Å². The van der Waals surface area contributed by atoms with Crippen molar-refractivity contribution in [2.24, 2.45) is 0 Å². The summed E-state index contributed by atoms with van der Waals surface area (Å²) >= 11 is 5.36. The molecule has 0 unspecified atom stereocenters. The topological polar surface area (TPSA) is 17.1 Å². The highest BCUT2D eigenvalue weighted by Gasteiger charge is 2.02. The number of hydrogen-bond acceptors (Lipinski definition) is 1. The molecular weight excluding hydrogens is 220 g/mol. The van der Waals surface area contributed by atoms with Crippen LogP contribution in [0.15, 0.2) is 48.5 Å². The fourth-order valence-corrected chi connectivity index (χ4v) is 1.98. The fourth-order valence-electron chi connectivity index (χ4n) is 1.82. The Kier molecular flexibility index (Phi) is 3.07. The van der Waals surface area contributed by atoms with E-state index in [2.05, 4.69) is 12.1 Å². The third-order valence-electron chi connectivity index (χ3n) is 2.54. The lowest BCUT2D eigenvalue weighted by molar-refractivity contribution is -0.107. The number of carbonyl (C=O) groups is 1. The summed E-state index contributed by atoms with van der Waals surface area (Å²) in [5, 5.41) is 1.86. The first-order chi connectivity index (χ1) is 7.68. The first-order valence-electron chi connectivity index (χ1n) is 5.04. The largest absolute Gasteiger partial charge is 0.276 e. The van der Waals surface area contributed by atoms with Gasteiger partial charge in [0, 0.05) is 6.08 Å². The minimum atomic E-state index is -0.439. The van der Waals surface area contributed by atoms with Crippen LogP contribution in [0, 0.1) is 0 Å². The fraction of sp³-hybridized carbons (Fsp3) is 0.0714. The van der Waals surface area contributed by atoms with Gasteiger partial charge < -0.3 is 0 Å². The van der Waals surface area contributed by atoms with Crippen molar-refractivity contribution >= 4 is 33.2 Å². The van der Waals surface area contributed by atoms with Gasteiger partial charge >= 0.3 is 0 Å². The predicted molar refractivity (Wildman–Crippen MR) is 68.5 cm³/mol. The van der Waals surface area contributed by atoms with Gasteiger partial charge in [0.25, 0.3) is 0 Å². The monoisotopic (exact) mass is 230 g/mol. The van der Waals surface area contributed by atoms with E-state index < -0.39 is 5.24 Å². The zero-order valence-corrected chi connectivity index (χ0v) is 9.66. The molecule has 0 N–H and O–H groups in total. The minimum absolute atomic E-state index is 0.439. The number of halogens is 1. The quantitative estimate of drug-likeness (QED) is 0.563. The van der Waals surface area contributed by atoms with Crippen molar-refractivity contribution in [3.05, 3.63) is 54.1 Å². The summed E-state index contributed by atoms with van der Waals surface area (Å²) in [7, 11) is 0. The average molecular weight is 231 g/mol. The van der Waals surface area contributed by atoms with E-state index in [9.17, 15) is 4.79 Å². The van der Waals surface area contributed by atoms with Crippen molar-refractivity contribution in [1.29, 1.82) is 0 Å². The van der Waals surface area contributed by atoms with Crippen LogP contribution < -0.4 is 0 Å². The lowest BCUT2D eigenvalue weighted by Crippen LogP contribution is -1.86. The molecule has 2 heteroatoms. The lowest BCUT2D eigenvalue weighted by atomic mass is 9.99. The summed E-state index contributed by atoms with van der Waals surface area (Å²) in [6.45, 7) is 1.89. The van der Waals surface area contributed by atoms with Crippen molar-refractivity contribution in [3.63, 3.8) is 0 Å². The van der Waals surface area contributed by atoms with E-state index in [1.165, 1.54) is 6.08 Å². The molecule has 0 aromatic heterocycles. The normalized spacial score (nSPS) is 11.8. The molecule has 0 saturated heterocycles. The Bertz CT molecular complexity index is 564. The van der Waals surface area contributed by atoms with Gasteiger partial charge in [-0.05, 0) is 40.4 Å². The highest BCUT2D eigenvalue weighted by Crippen LogP contribution is 2.24. The van der Waals surface area contributed by atoms with Gasteiger partial charge in [-0.25, -0.2) is 0 Å². The van der Waals surface area contributed by atoms with Crippen molar-refractivity contribution in [2.45, 2.75) is 6.92 Å². The zero-order valence-electron chi connectivity index (χ0n) is 8.91. The number of allylic oxidation sites excluding steroid dienone is 2. The highest BCUT2D eigenvalue weighted by molar-refractivity contribution is 6.67. The van der Waals surface area contributed by atoms with Crippen LogP contribution in [0.2, 0.25) is 0 Å². The first kappa shape index (κ1) is 10.9. The molecule has 0 amide bonds. The van der Waals surface area contributed by atoms with Gasteiger partial charge in [-0.15, -0.1) is 0 Å². The van der Waals surface area contributed by atoms with Gasteiger partial charge in [-0.3, -0.25) is 4.79 Å². The second kappa shape index (κ2) is 4.50. The summed E-state index contributed by atoms with van der Waals surface area (Å²) in [4.78, 5) is 10.9. The van der Waals surface area contributed by atoms with Gasteiger partial charge in [0.2, 0.25) is 5.24 Å². The van der Waals surface area contributed by atoms with Crippen LogP contribution >= 0.6 is 11.6 Å². The Morgan fingerprint density at radius 2 is 1.81 bits per heavy atom. The SMILES string of the molecule is CC(=CC(=O)Cl)c1cccc2ccccc12. The van der Waals surface area contributed by atoms with E-state index in [4.69, 9.17) is 11.6 Å². The van der Waals surface area contributed by atoms with Gasteiger partial charge in [-0.1, -0.05) is 42.5 Å². The van der Waals surface area contributed by atoms with E-state index >= 15 is 0 Å². The smallest absolute Gasteiger partial charge is 0.245 e. The Labute approximate surface area is 99.3 Å². The number of fused-ring (bicyclic) bond motifs is 1. The molecule has 1 nitrogen and oxygen atoms in total. The van der Waals surface area contributed by atoms with Crippen LogP contribution in [0.5, 0.6) is 0 Å². The molecule has 2 aromatic rings. The maximum Gasteiger partial charge on any atom is 0.245 e. The molecule has 80 valence electrons. The zero-order chi connectivity index (χ0) is 11.5. The molecule has 0 atom stereocenters. The Balaban J connectivity index is 2.65. The van der Waals surface area contributed by atoms with Gasteiger partial charge in [0.05, 0.1) is 0 Å². The summed E-state index contributed by atoms with van der Waals surface area (Å²) in [5.41, 5.74) is 1.93. The summed E-state index contributed by atoms with van der Waals surface area (Å²) in [6.07, 6.45) is 1.45. The lowest BCUT2D eigenvalue weighted by Gasteiger charge is -2.05. The summed E-state index contributed by atoms with van der Waals surface area (Å²) in [5.74, 6) is 0. The first-order valence-corrected chi connectivity index (χ1v) is 5.42. The van der Waals surface area contributed by atoms with E-state index in [0.29, 0.717) is 0 Å². The predicted octanol–water partition coefficient (Wildman–Crippen LogP) is 4.01. The van der Waals surface area contributed by atoms with E-state index in [0.717, 1.165) is 21.9 Å². The number of hydrogen-bond donors (Lipinski definition) is 0. The maximum atomic E-state index is 10.9. The Morgan fingerprint density at radius 3 is 2.56 bits per heavy atom. The number of benzene rings is 2. The van der Waals surface area contributed by atoms with Crippen LogP contribution in [0.3, 0.4) is 0 Å². The van der Waals surface area contributed by atoms with Crippen molar-refractivity contribution in [2.75, 3.05) is 0 Å². The standard InChI is InChI=1S/C14H11ClO/c1-10(9-14(15)16)12-8-4-6-11-5-2-3-7-13(11)12/h2-9H,1H3. The van der Waals surface area contributed by atoms with Crippen molar-refractivity contribution < 1.29 is 4.79 Å². The van der Waals surface area contributed by atoms with Gasteiger partial charge in [-0.2, -0.15) is 0 Å². The van der Waals surface area contributed by atoms with Crippen LogP contribution in [-0.4, -0.2) is 5.24 Å². The molecule has 0 spiro atoms. The Morgan fingerprint density at radius 1 is 1.12 bits per heavy atom. The number of carbonyl (C=O) groups excluding carboxylic acids is 1. The molecule has 2 aromatic carbocycles. The molecule has 0 radical (unpaired) electrons. The van der Waals surface area contributed by atoms with Gasteiger partial charge in [0.1, 0.15) is 0 Å². The molecule has 0 aliphatic heterocycles. The van der Waals surface area contributed by atoms with Gasteiger partial charge in [0.15, 0.2) is 0 Å². The third kappa shape index (κ3) is 2.15. The molecule has 0 bridgehead atoms. The minimum Gasteiger partial charge on any atom is -0.276 e. The maximum absolute atomic E-state index is 10.9. The molecular formula is C14H11ClO. The summed E-state index contributed by atoms with van der Waals surface area (Å²) < 4.78 is 0. The van der Waals surface area contributed by atoms with E-state index in [1.54, 1.807) is 0 Å². The second-order valence-electron chi connectivity index (χ2n) is 3.66. The van der Waals surface area contributed by atoms with E-state index in [1.807, 2.05) is 37.3 Å². The van der Waals surface area contributed by atoms with E-state index in [-0.39, 0.29) is 0 Å². The van der Waals surface area contributed by atoms with Crippen molar-refractivity contribution in [1.82, 2.24) is 0 Å².